The van der Waals surface area contributed by atoms with E-state index in [1.54, 1.807) is 0 Å². The molecule has 55 heavy (non-hydrogen) atoms. The second-order valence-electron chi connectivity index (χ2n) is 15.0. The van der Waals surface area contributed by atoms with Crippen LogP contribution in [-0.2, 0) is 5.41 Å². The minimum atomic E-state index is -0.122. The van der Waals surface area contributed by atoms with Gasteiger partial charge in [-0.05, 0) is 100 Å². The SMILES string of the molecule is CC1(C)c2ccccc2-c2ccc(N(c3ccc(-c4ccccc4)cc3)c3ccc4c(c3)Oc3ccccc3N4c3ccc4c(c3)sc3ccccc34)cc21. The van der Waals surface area contributed by atoms with Gasteiger partial charge in [0.2, 0.25) is 0 Å². The van der Waals surface area contributed by atoms with Crippen molar-refractivity contribution >= 4 is 65.6 Å². The van der Waals surface area contributed by atoms with Gasteiger partial charge in [-0.3, -0.25) is 0 Å². The minimum absolute atomic E-state index is 0.122. The molecule has 4 heteroatoms. The molecule has 262 valence electrons. The maximum absolute atomic E-state index is 6.79. The lowest BCUT2D eigenvalue weighted by atomic mass is 9.82. The largest absolute Gasteiger partial charge is 0.453 e. The van der Waals surface area contributed by atoms with Crippen molar-refractivity contribution in [1.82, 2.24) is 0 Å². The smallest absolute Gasteiger partial charge is 0.153 e. The average Bonchev–Trinajstić information content (AvgIpc) is 3.71. The molecule has 0 N–H and O–H groups in total. The lowest BCUT2D eigenvalue weighted by molar-refractivity contribution is 0.477. The van der Waals surface area contributed by atoms with Gasteiger partial charge in [-0.1, -0.05) is 123 Å². The number of anilines is 6. The van der Waals surface area contributed by atoms with Crippen LogP contribution < -0.4 is 14.5 Å². The first-order chi connectivity index (χ1) is 27.0. The van der Waals surface area contributed by atoms with Gasteiger partial charge < -0.3 is 14.5 Å². The van der Waals surface area contributed by atoms with E-state index in [-0.39, 0.29) is 5.41 Å². The Balaban J connectivity index is 1.06. The first-order valence-electron chi connectivity index (χ1n) is 18.8. The van der Waals surface area contributed by atoms with Crippen LogP contribution in [0.3, 0.4) is 0 Å². The second-order valence-corrected chi connectivity index (χ2v) is 16.1. The zero-order valence-electron chi connectivity index (χ0n) is 30.5. The highest BCUT2D eigenvalue weighted by atomic mass is 32.1. The zero-order valence-corrected chi connectivity index (χ0v) is 31.3. The van der Waals surface area contributed by atoms with E-state index in [2.05, 4.69) is 200 Å². The van der Waals surface area contributed by atoms with Crippen LogP contribution in [0, 0.1) is 0 Å². The van der Waals surface area contributed by atoms with E-state index in [4.69, 9.17) is 4.74 Å². The monoisotopic (exact) mass is 724 g/mol. The number of rotatable bonds is 5. The molecule has 2 heterocycles. The number of para-hydroxylation sites is 2. The highest BCUT2D eigenvalue weighted by Gasteiger charge is 2.36. The molecule has 0 atom stereocenters. The van der Waals surface area contributed by atoms with Crippen LogP contribution >= 0.6 is 11.3 Å². The summed E-state index contributed by atoms with van der Waals surface area (Å²) in [6.45, 7) is 4.69. The zero-order chi connectivity index (χ0) is 36.7. The molecule has 0 radical (unpaired) electrons. The van der Waals surface area contributed by atoms with Crippen molar-refractivity contribution in [2.75, 3.05) is 9.80 Å². The Hall–Kier alpha value is -6.62. The number of hydrogen-bond acceptors (Lipinski definition) is 4. The summed E-state index contributed by atoms with van der Waals surface area (Å²) in [4.78, 5) is 4.71. The average molecular weight is 725 g/mol. The number of thiophene rings is 1. The van der Waals surface area contributed by atoms with Crippen molar-refractivity contribution in [2.45, 2.75) is 19.3 Å². The molecular weight excluding hydrogens is 689 g/mol. The van der Waals surface area contributed by atoms with Gasteiger partial charge in [-0.2, -0.15) is 0 Å². The Morgan fingerprint density at radius 1 is 0.473 bits per heavy atom. The van der Waals surface area contributed by atoms with E-state index in [9.17, 15) is 0 Å². The van der Waals surface area contributed by atoms with E-state index >= 15 is 0 Å². The maximum atomic E-state index is 6.79. The lowest BCUT2D eigenvalue weighted by Gasteiger charge is -2.34. The van der Waals surface area contributed by atoms with Gasteiger partial charge in [-0.15, -0.1) is 11.3 Å². The number of nitrogens with zero attached hydrogens (tertiary/aromatic N) is 2. The van der Waals surface area contributed by atoms with Crippen LogP contribution in [0.5, 0.6) is 11.5 Å². The summed E-state index contributed by atoms with van der Waals surface area (Å²) in [5, 5.41) is 2.59. The summed E-state index contributed by atoms with van der Waals surface area (Å²) in [6, 6.07) is 65.8. The first kappa shape index (κ1) is 31.9. The molecule has 2 aliphatic rings. The molecule has 8 aromatic carbocycles. The molecule has 0 saturated carbocycles. The number of hydrogen-bond donors (Lipinski definition) is 0. The van der Waals surface area contributed by atoms with Crippen molar-refractivity contribution in [3.8, 4) is 33.8 Å². The quantitative estimate of drug-likeness (QED) is 0.176. The molecule has 0 amide bonds. The predicted molar refractivity (Wildman–Crippen MR) is 232 cm³/mol. The summed E-state index contributed by atoms with van der Waals surface area (Å²) in [7, 11) is 0. The summed E-state index contributed by atoms with van der Waals surface area (Å²) in [6.07, 6.45) is 0. The molecule has 9 aromatic rings. The van der Waals surface area contributed by atoms with Crippen LogP contribution in [0.1, 0.15) is 25.0 Å². The van der Waals surface area contributed by atoms with Crippen molar-refractivity contribution in [1.29, 1.82) is 0 Å². The van der Waals surface area contributed by atoms with E-state index in [0.29, 0.717) is 0 Å². The third-order valence-electron chi connectivity index (χ3n) is 11.4. The molecule has 0 saturated heterocycles. The summed E-state index contributed by atoms with van der Waals surface area (Å²) in [5.41, 5.74) is 14.0. The third-order valence-corrected chi connectivity index (χ3v) is 12.6. The third kappa shape index (κ3) is 5.02. The van der Waals surface area contributed by atoms with Gasteiger partial charge >= 0.3 is 0 Å². The molecule has 1 aromatic heterocycles. The molecule has 0 unspecified atom stereocenters. The topological polar surface area (TPSA) is 15.7 Å². The van der Waals surface area contributed by atoms with Crippen molar-refractivity contribution in [3.05, 3.63) is 193 Å². The number of fused-ring (bicyclic) bond motifs is 8. The number of ether oxygens (including phenoxy) is 1. The van der Waals surface area contributed by atoms with Gasteiger partial charge in [-0.25, -0.2) is 0 Å². The van der Waals surface area contributed by atoms with Crippen LogP contribution in [0.15, 0.2) is 182 Å². The van der Waals surface area contributed by atoms with Crippen LogP contribution in [0.25, 0.3) is 42.4 Å². The normalized spacial score (nSPS) is 13.5. The van der Waals surface area contributed by atoms with Gasteiger partial charge in [0.05, 0.1) is 11.4 Å². The predicted octanol–water partition coefficient (Wildman–Crippen LogP) is 15.1. The summed E-state index contributed by atoms with van der Waals surface area (Å²) >= 11 is 1.84. The molecule has 1 aliphatic carbocycles. The van der Waals surface area contributed by atoms with Gasteiger partial charge in [0, 0.05) is 54.4 Å². The fourth-order valence-corrected chi connectivity index (χ4v) is 9.87. The highest BCUT2D eigenvalue weighted by Crippen LogP contribution is 2.54. The maximum Gasteiger partial charge on any atom is 0.153 e. The molecular formula is C51H36N2OS. The summed E-state index contributed by atoms with van der Waals surface area (Å²) in [5.74, 6) is 1.65. The molecule has 11 rings (SSSR count). The first-order valence-corrected chi connectivity index (χ1v) is 19.7. The van der Waals surface area contributed by atoms with Gasteiger partial charge in [0.1, 0.15) is 0 Å². The summed E-state index contributed by atoms with van der Waals surface area (Å²) < 4.78 is 9.36. The Kier molecular flexibility index (Phi) is 7.07. The van der Waals surface area contributed by atoms with Crippen molar-refractivity contribution in [3.63, 3.8) is 0 Å². The highest BCUT2D eigenvalue weighted by molar-refractivity contribution is 7.25. The molecule has 0 spiro atoms. The van der Waals surface area contributed by atoms with Crippen LogP contribution in [-0.4, -0.2) is 0 Å². The Morgan fingerprint density at radius 2 is 1.13 bits per heavy atom. The lowest BCUT2D eigenvalue weighted by Crippen LogP contribution is -2.18. The number of benzene rings is 8. The second kappa shape index (κ2) is 12.2. The van der Waals surface area contributed by atoms with E-state index < -0.39 is 0 Å². The van der Waals surface area contributed by atoms with Gasteiger partial charge in [0.15, 0.2) is 11.5 Å². The molecule has 0 fully saturated rings. The van der Waals surface area contributed by atoms with Crippen LogP contribution in [0.2, 0.25) is 0 Å². The molecule has 0 bridgehead atoms. The minimum Gasteiger partial charge on any atom is -0.453 e. The van der Waals surface area contributed by atoms with E-state index in [0.717, 1.165) is 45.6 Å². The fraction of sp³-hybridized carbons (Fsp3) is 0.0588. The standard InChI is InChI=1S/C51H36N2OS/c1-51(2)43-16-8-6-14-39(43)40-27-24-36(30-44(40)51)52(35-22-20-34(21-23-35)33-12-4-3-5-13-33)37-26-29-46-48(31-37)54-47-18-10-9-17-45(47)53(46)38-25-28-42-41-15-7-11-19-49(41)55-50(42)32-38/h3-32H,1-2H3. The van der Waals surface area contributed by atoms with Crippen molar-refractivity contribution in [2.24, 2.45) is 0 Å². The van der Waals surface area contributed by atoms with Gasteiger partial charge in [0.25, 0.3) is 0 Å². The Labute approximate surface area is 324 Å². The van der Waals surface area contributed by atoms with Crippen molar-refractivity contribution < 1.29 is 4.74 Å². The Bertz CT molecular complexity index is 2940. The molecule has 1 aliphatic heterocycles. The van der Waals surface area contributed by atoms with E-state index in [1.807, 2.05) is 17.4 Å². The van der Waals surface area contributed by atoms with E-state index in [1.165, 1.54) is 53.6 Å². The Morgan fingerprint density at radius 3 is 2.02 bits per heavy atom. The fourth-order valence-electron chi connectivity index (χ4n) is 8.73. The van der Waals surface area contributed by atoms with Crippen LogP contribution in [0.4, 0.5) is 34.1 Å². The molecule has 3 nitrogen and oxygen atoms in total.